The molecular weight excluding hydrogens is 250 g/mol. The van der Waals surface area contributed by atoms with E-state index in [0.717, 1.165) is 17.2 Å². The highest BCUT2D eigenvalue weighted by molar-refractivity contribution is 7.97. The minimum atomic E-state index is 0.893. The summed E-state index contributed by atoms with van der Waals surface area (Å²) in [5, 5.41) is 0. The number of hydrogen-bond acceptors (Lipinski definition) is 2. The SMILES string of the molecule is Cc1cc(C)cc(CSCc2cccc(N)c2C)c1. The quantitative estimate of drug-likeness (QED) is 0.821. The molecule has 0 spiro atoms. The van der Waals surface area contributed by atoms with Gasteiger partial charge < -0.3 is 5.73 Å². The lowest BCUT2D eigenvalue weighted by atomic mass is 10.1. The predicted molar refractivity (Wildman–Crippen MR) is 86.5 cm³/mol. The van der Waals surface area contributed by atoms with Crippen LogP contribution in [-0.4, -0.2) is 0 Å². The van der Waals surface area contributed by atoms with Gasteiger partial charge in [-0.05, 0) is 43.5 Å². The summed E-state index contributed by atoms with van der Waals surface area (Å²) in [7, 11) is 0. The largest absolute Gasteiger partial charge is 0.399 e. The van der Waals surface area contributed by atoms with Crippen molar-refractivity contribution in [3.05, 3.63) is 64.2 Å². The second kappa shape index (κ2) is 6.16. The van der Waals surface area contributed by atoms with Crippen LogP contribution in [0.4, 0.5) is 5.69 Å². The van der Waals surface area contributed by atoms with Gasteiger partial charge in [0.15, 0.2) is 0 Å². The van der Waals surface area contributed by atoms with Crippen molar-refractivity contribution < 1.29 is 0 Å². The Kier molecular flexibility index (Phi) is 4.54. The molecule has 0 aliphatic carbocycles. The number of nitrogen functional groups attached to an aromatic ring is 1. The molecule has 0 amide bonds. The first-order chi connectivity index (χ1) is 9.06. The topological polar surface area (TPSA) is 26.0 Å². The summed E-state index contributed by atoms with van der Waals surface area (Å²) in [6.45, 7) is 6.41. The predicted octanol–water partition coefficient (Wildman–Crippen LogP) is 4.63. The van der Waals surface area contributed by atoms with E-state index in [1.165, 1.54) is 27.8 Å². The third-order valence-electron chi connectivity index (χ3n) is 3.30. The maximum atomic E-state index is 5.93. The van der Waals surface area contributed by atoms with Crippen molar-refractivity contribution in [2.24, 2.45) is 0 Å². The van der Waals surface area contributed by atoms with Crippen LogP contribution in [0, 0.1) is 20.8 Å². The fraction of sp³-hybridized carbons (Fsp3) is 0.294. The van der Waals surface area contributed by atoms with Gasteiger partial charge in [0.05, 0.1) is 0 Å². The molecule has 0 atom stereocenters. The van der Waals surface area contributed by atoms with Gasteiger partial charge in [-0.1, -0.05) is 41.5 Å². The zero-order valence-corrected chi connectivity index (χ0v) is 12.7. The van der Waals surface area contributed by atoms with Crippen LogP contribution in [-0.2, 0) is 11.5 Å². The van der Waals surface area contributed by atoms with Crippen LogP contribution in [0.15, 0.2) is 36.4 Å². The van der Waals surface area contributed by atoms with E-state index in [4.69, 9.17) is 5.73 Å². The molecule has 0 aromatic heterocycles. The van der Waals surface area contributed by atoms with Crippen molar-refractivity contribution in [3.63, 3.8) is 0 Å². The third-order valence-corrected chi connectivity index (χ3v) is 4.35. The molecule has 2 rings (SSSR count). The van der Waals surface area contributed by atoms with E-state index in [2.05, 4.69) is 45.0 Å². The average molecular weight is 271 g/mol. The number of nitrogens with two attached hydrogens (primary N) is 1. The summed E-state index contributed by atoms with van der Waals surface area (Å²) in [4.78, 5) is 0. The van der Waals surface area contributed by atoms with Crippen LogP contribution in [0.5, 0.6) is 0 Å². The molecule has 0 aliphatic heterocycles. The van der Waals surface area contributed by atoms with Gasteiger partial charge >= 0.3 is 0 Å². The average Bonchev–Trinajstić information content (AvgIpc) is 2.33. The first-order valence-corrected chi connectivity index (χ1v) is 7.70. The minimum Gasteiger partial charge on any atom is -0.399 e. The molecule has 100 valence electrons. The molecule has 0 unspecified atom stereocenters. The highest BCUT2D eigenvalue weighted by Gasteiger charge is 2.02. The van der Waals surface area contributed by atoms with Crippen LogP contribution < -0.4 is 5.73 Å². The third kappa shape index (κ3) is 3.77. The van der Waals surface area contributed by atoms with Crippen molar-refractivity contribution in [2.75, 3.05) is 5.73 Å². The fourth-order valence-electron chi connectivity index (χ4n) is 2.29. The van der Waals surface area contributed by atoms with Gasteiger partial charge in [0.2, 0.25) is 0 Å². The van der Waals surface area contributed by atoms with E-state index in [0.29, 0.717) is 0 Å². The fourth-order valence-corrected chi connectivity index (χ4v) is 3.33. The van der Waals surface area contributed by atoms with Gasteiger partial charge in [0.1, 0.15) is 0 Å². The summed E-state index contributed by atoms with van der Waals surface area (Å²) >= 11 is 1.94. The number of hydrogen-bond donors (Lipinski definition) is 1. The molecule has 0 fully saturated rings. The first-order valence-electron chi connectivity index (χ1n) is 6.55. The lowest BCUT2D eigenvalue weighted by molar-refractivity contribution is 1.28. The zero-order chi connectivity index (χ0) is 13.8. The Morgan fingerprint density at radius 3 is 2.32 bits per heavy atom. The monoisotopic (exact) mass is 271 g/mol. The van der Waals surface area contributed by atoms with Gasteiger partial charge in [0.25, 0.3) is 0 Å². The summed E-state index contributed by atoms with van der Waals surface area (Å²) in [5.74, 6) is 2.07. The number of thioether (sulfide) groups is 1. The van der Waals surface area contributed by atoms with Crippen LogP contribution in [0.25, 0.3) is 0 Å². The van der Waals surface area contributed by atoms with Crippen molar-refractivity contribution in [1.29, 1.82) is 0 Å². The maximum absolute atomic E-state index is 5.93. The highest BCUT2D eigenvalue weighted by Crippen LogP contribution is 2.23. The van der Waals surface area contributed by atoms with Crippen LogP contribution in [0.3, 0.4) is 0 Å². The lowest BCUT2D eigenvalue weighted by Crippen LogP contribution is -1.94. The van der Waals surface area contributed by atoms with Gasteiger partial charge in [-0.3, -0.25) is 0 Å². The Balaban J connectivity index is 1.98. The van der Waals surface area contributed by atoms with Crippen molar-refractivity contribution in [2.45, 2.75) is 32.3 Å². The van der Waals surface area contributed by atoms with E-state index in [1.54, 1.807) is 0 Å². The van der Waals surface area contributed by atoms with E-state index in [9.17, 15) is 0 Å². The summed E-state index contributed by atoms with van der Waals surface area (Å²) in [6.07, 6.45) is 0. The second-order valence-corrected chi connectivity index (χ2v) is 6.11. The van der Waals surface area contributed by atoms with E-state index >= 15 is 0 Å². The summed E-state index contributed by atoms with van der Waals surface area (Å²) in [6, 6.07) is 12.9. The van der Waals surface area contributed by atoms with Gasteiger partial charge in [-0.2, -0.15) is 11.8 Å². The van der Waals surface area contributed by atoms with Crippen molar-refractivity contribution in [1.82, 2.24) is 0 Å². The molecule has 19 heavy (non-hydrogen) atoms. The second-order valence-electron chi connectivity index (χ2n) is 5.12. The molecule has 1 nitrogen and oxygen atoms in total. The highest BCUT2D eigenvalue weighted by atomic mass is 32.2. The number of anilines is 1. The Hall–Kier alpha value is -1.41. The normalized spacial score (nSPS) is 10.7. The minimum absolute atomic E-state index is 0.893. The van der Waals surface area contributed by atoms with Crippen LogP contribution in [0.1, 0.15) is 27.8 Å². The van der Waals surface area contributed by atoms with Crippen LogP contribution >= 0.6 is 11.8 Å². The summed E-state index contributed by atoms with van der Waals surface area (Å²) < 4.78 is 0. The molecule has 0 saturated heterocycles. The molecule has 0 aliphatic rings. The molecule has 0 heterocycles. The maximum Gasteiger partial charge on any atom is 0.0346 e. The van der Waals surface area contributed by atoms with Crippen molar-refractivity contribution >= 4 is 17.4 Å². The van der Waals surface area contributed by atoms with E-state index < -0.39 is 0 Å². The number of rotatable bonds is 4. The molecule has 0 radical (unpaired) electrons. The van der Waals surface area contributed by atoms with Crippen LogP contribution in [0.2, 0.25) is 0 Å². The Morgan fingerprint density at radius 1 is 0.947 bits per heavy atom. The molecule has 2 N–H and O–H groups in total. The standard InChI is InChI=1S/C17H21NS/c1-12-7-13(2)9-15(8-12)10-19-11-16-5-4-6-17(18)14(16)3/h4-9H,10-11,18H2,1-3H3. The number of benzene rings is 2. The van der Waals surface area contributed by atoms with Gasteiger partial charge in [0, 0.05) is 17.2 Å². The Bertz CT molecular complexity index is 555. The van der Waals surface area contributed by atoms with E-state index in [-0.39, 0.29) is 0 Å². The molecule has 0 bridgehead atoms. The molecule has 2 aromatic rings. The molecular formula is C17H21NS. The Morgan fingerprint density at radius 2 is 1.63 bits per heavy atom. The smallest absolute Gasteiger partial charge is 0.0346 e. The van der Waals surface area contributed by atoms with Gasteiger partial charge in [-0.15, -0.1) is 0 Å². The first kappa shape index (κ1) is 14.0. The lowest BCUT2D eigenvalue weighted by Gasteiger charge is -2.09. The van der Waals surface area contributed by atoms with Crippen molar-refractivity contribution in [3.8, 4) is 0 Å². The van der Waals surface area contributed by atoms with Gasteiger partial charge in [-0.25, -0.2) is 0 Å². The Labute approximate surface area is 120 Å². The van der Waals surface area contributed by atoms with E-state index in [1.807, 2.05) is 23.9 Å². The summed E-state index contributed by atoms with van der Waals surface area (Å²) in [5.41, 5.74) is 13.5. The molecule has 2 heteroatoms. The molecule has 0 saturated carbocycles. The zero-order valence-electron chi connectivity index (χ0n) is 11.9. The number of aryl methyl sites for hydroxylation is 2. The molecule has 2 aromatic carbocycles.